The molecule has 0 radical (unpaired) electrons. The van der Waals surface area contributed by atoms with Gasteiger partial charge in [-0.25, -0.2) is 14.4 Å². The average Bonchev–Trinajstić information content (AvgIpc) is 4.30. The Balaban J connectivity index is 0.000000231. The second kappa shape index (κ2) is 24.0. The molecule has 6 aliphatic rings. The van der Waals surface area contributed by atoms with Gasteiger partial charge in [0.1, 0.15) is 22.1 Å². The first-order chi connectivity index (χ1) is 34.4. The molecule has 8 rings (SSSR count). The molecule has 4 amide bonds. The van der Waals surface area contributed by atoms with Gasteiger partial charge in [-0.1, -0.05) is 23.4 Å². The van der Waals surface area contributed by atoms with Crippen molar-refractivity contribution in [2.45, 2.75) is 133 Å². The van der Waals surface area contributed by atoms with Crippen molar-refractivity contribution >= 4 is 75.2 Å². The number of hydrogen-bond acceptors (Lipinski definition) is 16. The minimum absolute atomic E-state index is 0. The second-order valence-corrected chi connectivity index (χ2v) is 22.0. The summed E-state index contributed by atoms with van der Waals surface area (Å²) in [5.74, 6) is -1.85. The van der Waals surface area contributed by atoms with Crippen LogP contribution in [0.3, 0.4) is 0 Å². The fraction of sp³-hybridized carbons (Fsp3) is 0.623. The molecular weight excluding hydrogens is 1020 g/mol. The Morgan fingerprint density at radius 2 is 1.05 bits per heavy atom. The highest BCUT2D eigenvalue weighted by Crippen LogP contribution is 2.58. The Labute approximate surface area is 443 Å². The van der Waals surface area contributed by atoms with Gasteiger partial charge < -0.3 is 58.2 Å². The van der Waals surface area contributed by atoms with Crippen LogP contribution in [0.1, 0.15) is 132 Å². The van der Waals surface area contributed by atoms with Gasteiger partial charge in [0, 0.05) is 87.7 Å². The Kier molecular flexibility index (Phi) is 19.1. The molecule has 0 bridgehead atoms. The molecule has 21 heteroatoms. The van der Waals surface area contributed by atoms with Gasteiger partial charge in [-0.2, -0.15) is 0 Å². The zero-order valence-electron chi connectivity index (χ0n) is 43.8. The molecule has 20 nitrogen and oxygen atoms in total. The van der Waals surface area contributed by atoms with Gasteiger partial charge in [0.25, 0.3) is 11.8 Å². The summed E-state index contributed by atoms with van der Waals surface area (Å²) in [7, 11) is 5.19. The fourth-order valence-corrected chi connectivity index (χ4v) is 9.82. The summed E-state index contributed by atoms with van der Waals surface area (Å²) in [6.45, 7) is 16.4. The van der Waals surface area contributed by atoms with Crippen molar-refractivity contribution < 1.29 is 66.8 Å². The number of halogens is 1. The molecule has 2 saturated carbocycles. The van der Waals surface area contributed by atoms with Gasteiger partial charge in [-0.15, -0.1) is 0 Å². The second-order valence-electron chi connectivity index (χ2n) is 20.9. The number of nitrogens with one attached hydrogen (secondary N) is 1. The van der Waals surface area contributed by atoms with Crippen LogP contribution in [0.2, 0.25) is 0 Å². The fourth-order valence-electron chi connectivity index (χ4n) is 9.40. The smallest absolute Gasteiger partial charge is 0.410 e. The molecule has 4 aliphatic heterocycles. The number of benzene rings is 2. The minimum Gasteiger partial charge on any atom is -0.469 e. The zero-order chi connectivity index (χ0) is 53.6. The quantitative estimate of drug-likeness (QED) is 0.141. The SMILES string of the molecule is C.CC(C)(C)OC(=O)N1CCN(c2ccc3c(c2)C2(CC2)NC3=O)CC1.COC(=O)CCC(Br)C(=O)OC.COC(=O)CCC(C(=O)OC)N1C(=O)c2ccc(N3CCN(C(=O)OC(C)(C)C)CC3)cc2C12CC2. The van der Waals surface area contributed by atoms with E-state index < -0.39 is 39.5 Å². The Morgan fingerprint density at radius 3 is 1.47 bits per heavy atom. The standard InChI is InChI=1S/C26H35N3O7.C19H25N3O3.C7H11BrO4.CH4/c1-25(2,3)36-24(33)28-14-12-27(13-15-28)17-6-7-18-19(16-17)26(10-11-26)29(22(18)31)20(23(32)35-5)8-9-21(30)34-4;1-18(2,3)25-17(24)22-10-8-21(9-11-22)13-4-5-14-15(12-13)19(6-7-19)20-16(14)23;1-11-6(9)4-3-5(8)7(10)12-2;/h6-7,16,20H,8-15H2,1-5H3;4-5,12H,6-11H2,1-3H3,(H,20,23);5H,3-4H2,1-2H3;1H4. The third kappa shape index (κ3) is 14.0. The lowest BCUT2D eigenvalue weighted by Crippen LogP contribution is -2.50. The zero-order valence-corrected chi connectivity index (χ0v) is 45.3. The lowest BCUT2D eigenvalue weighted by atomic mass is 10.00. The van der Waals surface area contributed by atoms with Crippen LogP contribution in [0.5, 0.6) is 0 Å². The van der Waals surface area contributed by atoms with Crippen molar-refractivity contribution in [2.24, 2.45) is 0 Å². The number of alkyl halides is 1. The summed E-state index contributed by atoms with van der Waals surface area (Å²) < 4.78 is 29.5. The van der Waals surface area contributed by atoms with Gasteiger partial charge in [0.2, 0.25) is 0 Å². The topological polar surface area (TPSA) is 220 Å². The van der Waals surface area contributed by atoms with Gasteiger partial charge >= 0.3 is 36.1 Å². The largest absolute Gasteiger partial charge is 0.469 e. The number of nitrogens with zero attached hydrogens (tertiary/aromatic N) is 5. The van der Waals surface area contributed by atoms with Gasteiger partial charge in [0.15, 0.2) is 0 Å². The first kappa shape index (κ1) is 58.8. The number of esters is 4. The van der Waals surface area contributed by atoms with Crippen LogP contribution in [0.15, 0.2) is 36.4 Å². The number of ether oxygens (including phenoxy) is 6. The highest BCUT2D eigenvalue weighted by Gasteiger charge is 2.61. The van der Waals surface area contributed by atoms with Gasteiger partial charge in [-0.3, -0.25) is 24.0 Å². The van der Waals surface area contributed by atoms with Crippen molar-refractivity contribution in [2.75, 3.05) is 90.6 Å². The molecule has 4 heterocycles. The van der Waals surface area contributed by atoms with E-state index in [1.165, 1.54) is 28.4 Å². The molecule has 408 valence electrons. The molecule has 2 aromatic carbocycles. The van der Waals surface area contributed by atoms with Crippen molar-refractivity contribution in [3.63, 3.8) is 0 Å². The van der Waals surface area contributed by atoms with Crippen LogP contribution < -0.4 is 15.1 Å². The summed E-state index contributed by atoms with van der Waals surface area (Å²) in [6.07, 6.45) is 3.74. The van der Waals surface area contributed by atoms with Gasteiger partial charge in [-0.05, 0) is 128 Å². The van der Waals surface area contributed by atoms with E-state index in [1.807, 2.05) is 71.9 Å². The number of carbonyl (C=O) groups excluding carboxylic acids is 8. The number of hydrogen-bond donors (Lipinski definition) is 1. The van der Waals surface area contributed by atoms with Gasteiger partial charge in [0.05, 0.1) is 39.5 Å². The summed E-state index contributed by atoms with van der Waals surface area (Å²) in [4.78, 5) is 105. The monoisotopic (exact) mass is 1100 g/mol. The van der Waals surface area contributed by atoms with E-state index in [2.05, 4.69) is 46.6 Å². The highest BCUT2D eigenvalue weighted by molar-refractivity contribution is 9.10. The predicted octanol–water partition coefficient (Wildman–Crippen LogP) is 6.67. The van der Waals surface area contributed by atoms with E-state index in [4.69, 9.17) is 18.9 Å². The van der Waals surface area contributed by atoms with E-state index in [-0.39, 0.29) is 68.2 Å². The molecule has 4 fully saturated rings. The van der Waals surface area contributed by atoms with Crippen LogP contribution in [0.4, 0.5) is 21.0 Å². The van der Waals surface area contributed by atoms with E-state index in [1.54, 1.807) is 14.7 Å². The first-order valence-electron chi connectivity index (χ1n) is 24.7. The van der Waals surface area contributed by atoms with E-state index in [9.17, 15) is 38.4 Å². The number of rotatable bonds is 11. The number of carbonyl (C=O) groups is 8. The number of methoxy groups -OCH3 is 4. The number of piperazine rings is 2. The number of fused-ring (bicyclic) bond motifs is 4. The Bertz CT molecular complexity index is 2410. The average molecular weight is 1100 g/mol. The summed E-state index contributed by atoms with van der Waals surface area (Å²) in [5, 5.41) is 3.12. The minimum atomic E-state index is -0.864. The number of amides is 4. The van der Waals surface area contributed by atoms with Crippen LogP contribution in [-0.4, -0.2) is 165 Å². The Morgan fingerprint density at radius 1 is 0.608 bits per heavy atom. The van der Waals surface area contributed by atoms with E-state index in [0.29, 0.717) is 51.3 Å². The molecule has 1 N–H and O–H groups in total. The summed E-state index contributed by atoms with van der Waals surface area (Å²) in [5.41, 5.74) is 3.89. The number of anilines is 2. The van der Waals surface area contributed by atoms with Crippen LogP contribution in [-0.2, 0) is 58.7 Å². The molecule has 2 spiro atoms. The molecule has 2 saturated heterocycles. The van der Waals surface area contributed by atoms with E-state index >= 15 is 0 Å². The maximum absolute atomic E-state index is 13.5. The van der Waals surface area contributed by atoms with Crippen LogP contribution in [0, 0.1) is 0 Å². The van der Waals surface area contributed by atoms with Crippen molar-refractivity contribution in [1.29, 1.82) is 0 Å². The third-order valence-electron chi connectivity index (χ3n) is 13.5. The third-order valence-corrected chi connectivity index (χ3v) is 14.4. The van der Waals surface area contributed by atoms with Crippen molar-refractivity contribution in [3.05, 3.63) is 58.7 Å². The maximum Gasteiger partial charge on any atom is 0.410 e. The maximum atomic E-state index is 13.5. The predicted molar refractivity (Wildman–Crippen MR) is 278 cm³/mol. The van der Waals surface area contributed by atoms with Crippen LogP contribution in [0.25, 0.3) is 0 Å². The highest BCUT2D eigenvalue weighted by atomic mass is 79.9. The molecule has 0 aromatic heterocycles. The Hall–Kier alpha value is -6.12. The lowest BCUT2D eigenvalue weighted by Gasteiger charge is -2.37. The summed E-state index contributed by atoms with van der Waals surface area (Å²) >= 11 is 3.08. The van der Waals surface area contributed by atoms with E-state index in [0.717, 1.165) is 66.8 Å². The molecule has 2 aromatic rings. The normalized spacial score (nSPS) is 18.4. The molecule has 2 unspecified atom stereocenters. The molecule has 2 atom stereocenters. The molecular formula is C53H75BrN6O14. The summed E-state index contributed by atoms with van der Waals surface area (Å²) in [6, 6.07) is 11.0. The van der Waals surface area contributed by atoms with Crippen LogP contribution >= 0.6 is 15.9 Å². The van der Waals surface area contributed by atoms with Crippen molar-refractivity contribution in [1.82, 2.24) is 20.0 Å². The molecule has 2 aliphatic carbocycles. The van der Waals surface area contributed by atoms with Crippen molar-refractivity contribution in [3.8, 4) is 0 Å². The first-order valence-corrected chi connectivity index (χ1v) is 25.7. The molecule has 74 heavy (non-hydrogen) atoms. The lowest BCUT2D eigenvalue weighted by molar-refractivity contribution is -0.148.